The van der Waals surface area contributed by atoms with Gasteiger partial charge in [0.25, 0.3) is 0 Å². The molecule has 0 N–H and O–H groups in total. The molecular weight excluding hydrogens is 370 g/mol. The molecule has 2 aromatic rings. The van der Waals surface area contributed by atoms with Crippen LogP contribution in [-0.2, 0) is 11.2 Å². The molecule has 0 saturated heterocycles. The quantitative estimate of drug-likeness (QED) is 0.722. The molecule has 0 spiro atoms. The van der Waals surface area contributed by atoms with Crippen molar-refractivity contribution in [2.45, 2.75) is 19.4 Å². The van der Waals surface area contributed by atoms with Gasteiger partial charge in [0.2, 0.25) is 5.91 Å². The van der Waals surface area contributed by atoms with Gasteiger partial charge in [0.05, 0.1) is 6.04 Å². The fraction of sp³-hybridized carbons (Fsp3) is 0.364. The maximum atomic E-state index is 13.3. The van der Waals surface area contributed by atoms with E-state index in [2.05, 4.69) is 37.1 Å². The lowest BCUT2D eigenvalue weighted by Crippen LogP contribution is -2.49. The van der Waals surface area contributed by atoms with Gasteiger partial charge in [-0.3, -0.25) is 4.79 Å². The van der Waals surface area contributed by atoms with Gasteiger partial charge in [0.15, 0.2) is 0 Å². The molecule has 1 atom stereocenters. The number of benzene rings is 1. The molecule has 3 rings (SSSR count). The Morgan fingerprint density at radius 3 is 2.68 bits per heavy atom. The SMILES string of the molecule is C=CCN(CC(=O)N1CCc2sccc2[C@H]1c1ccccc1C)C(=O)N(C)C. The van der Waals surface area contributed by atoms with Crippen LogP contribution < -0.4 is 0 Å². The average Bonchev–Trinajstić information content (AvgIpc) is 3.15. The number of hydrogen-bond acceptors (Lipinski definition) is 3. The van der Waals surface area contributed by atoms with E-state index in [-0.39, 0.29) is 24.5 Å². The predicted molar refractivity (Wildman–Crippen MR) is 114 cm³/mol. The molecule has 5 nitrogen and oxygen atoms in total. The van der Waals surface area contributed by atoms with Crippen molar-refractivity contribution in [1.82, 2.24) is 14.7 Å². The van der Waals surface area contributed by atoms with Crippen molar-refractivity contribution in [2.75, 3.05) is 33.7 Å². The lowest BCUT2D eigenvalue weighted by Gasteiger charge is -2.38. The van der Waals surface area contributed by atoms with Crippen LogP contribution in [0.15, 0.2) is 48.4 Å². The van der Waals surface area contributed by atoms with Gasteiger partial charge in [-0.05, 0) is 41.5 Å². The Morgan fingerprint density at radius 2 is 2.00 bits per heavy atom. The standard InChI is InChI=1S/C22H27N3O2S/c1-5-12-24(22(27)23(3)4)15-20(26)25-13-10-19-18(11-14-28-19)21(25)17-9-7-6-8-16(17)2/h5-9,11,14,21H,1,10,12-13,15H2,2-4H3/t21-/m1/s1. The molecule has 0 fully saturated rings. The summed E-state index contributed by atoms with van der Waals surface area (Å²) in [6.45, 7) is 6.85. The number of rotatable bonds is 5. The minimum atomic E-state index is -0.186. The van der Waals surface area contributed by atoms with Gasteiger partial charge in [-0.1, -0.05) is 30.3 Å². The van der Waals surface area contributed by atoms with Crippen molar-refractivity contribution in [3.8, 4) is 0 Å². The second-order valence-electron chi connectivity index (χ2n) is 7.24. The van der Waals surface area contributed by atoms with Crippen LogP contribution in [0.3, 0.4) is 0 Å². The van der Waals surface area contributed by atoms with Crippen LogP contribution in [0.5, 0.6) is 0 Å². The second kappa shape index (κ2) is 8.61. The van der Waals surface area contributed by atoms with Crippen LogP contribution in [0.1, 0.15) is 27.6 Å². The highest BCUT2D eigenvalue weighted by atomic mass is 32.1. The average molecular weight is 398 g/mol. The number of aryl methyl sites for hydroxylation is 1. The summed E-state index contributed by atoms with van der Waals surface area (Å²) in [5.74, 6) is -0.0397. The van der Waals surface area contributed by atoms with Crippen molar-refractivity contribution >= 4 is 23.3 Å². The highest BCUT2D eigenvalue weighted by Crippen LogP contribution is 2.38. The third-order valence-corrected chi connectivity index (χ3v) is 6.09. The van der Waals surface area contributed by atoms with Crippen LogP contribution in [0.25, 0.3) is 0 Å². The van der Waals surface area contributed by atoms with E-state index in [0.717, 1.165) is 17.5 Å². The normalized spacial score (nSPS) is 15.7. The lowest BCUT2D eigenvalue weighted by molar-refractivity contribution is -0.133. The minimum absolute atomic E-state index is 0.0397. The number of nitrogens with zero attached hydrogens (tertiary/aromatic N) is 3. The van der Waals surface area contributed by atoms with Crippen molar-refractivity contribution in [3.63, 3.8) is 0 Å². The van der Waals surface area contributed by atoms with Crippen LogP contribution in [0.4, 0.5) is 4.79 Å². The lowest BCUT2D eigenvalue weighted by atomic mass is 9.90. The maximum absolute atomic E-state index is 13.3. The van der Waals surface area contributed by atoms with E-state index in [1.807, 2.05) is 17.0 Å². The molecule has 148 valence electrons. The zero-order valence-corrected chi connectivity index (χ0v) is 17.5. The van der Waals surface area contributed by atoms with Crippen molar-refractivity contribution in [2.24, 2.45) is 0 Å². The fourth-order valence-electron chi connectivity index (χ4n) is 3.72. The Hall–Kier alpha value is -2.60. The van der Waals surface area contributed by atoms with Gasteiger partial charge in [-0.15, -0.1) is 17.9 Å². The fourth-order valence-corrected chi connectivity index (χ4v) is 4.62. The van der Waals surface area contributed by atoms with Crippen LogP contribution in [-0.4, -0.2) is 60.4 Å². The van der Waals surface area contributed by atoms with Crippen molar-refractivity contribution in [3.05, 3.63) is 69.9 Å². The Labute approximate surface area is 170 Å². The summed E-state index contributed by atoms with van der Waals surface area (Å²) in [6, 6.07) is 10.0. The van der Waals surface area contributed by atoms with Gasteiger partial charge in [0, 0.05) is 32.1 Å². The number of urea groups is 1. The first-order chi connectivity index (χ1) is 13.4. The molecule has 1 aromatic heterocycles. The Balaban J connectivity index is 1.93. The van der Waals surface area contributed by atoms with Gasteiger partial charge >= 0.3 is 6.03 Å². The van der Waals surface area contributed by atoms with Crippen molar-refractivity contribution < 1.29 is 9.59 Å². The molecule has 0 aliphatic carbocycles. The summed E-state index contributed by atoms with van der Waals surface area (Å²) in [4.78, 5) is 32.1. The van der Waals surface area contributed by atoms with E-state index in [1.54, 1.807) is 31.5 Å². The molecule has 6 heteroatoms. The molecule has 0 bridgehead atoms. The summed E-state index contributed by atoms with van der Waals surface area (Å²) in [7, 11) is 3.38. The highest BCUT2D eigenvalue weighted by molar-refractivity contribution is 7.10. The Morgan fingerprint density at radius 1 is 1.25 bits per heavy atom. The first-order valence-electron chi connectivity index (χ1n) is 9.42. The summed E-state index contributed by atoms with van der Waals surface area (Å²) in [5, 5.41) is 2.10. The van der Waals surface area contributed by atoms with Crippen LogP contribution >= 0.6 is 11.3 Å². The van der Waals surface area contributed by atoms with Crippen LogP contribution in [0.2, 0.25) is 0 Å². The van der Waals surface area contributed by atoms with Gasteiger partial charge in [0.1, 0.15) is 6.54 Å². The van der Waals surface area contributed by atoms with Gasteiger partial charge in [-0.25, -0.2) is 4.79 Å². The van der Waals surface area contributed by atoms with E-state index >= 15 is 0 Å². The zero-order chi connectivity index (χ0) is 20.3. The number of carbonyl (C=O) groups excluding carboxylic acids is 2. The smallest absolute Gasteiger partial charge is 0.320 e. The molecule has 0 saturated carbocycles. The topological polar surface area (TPSA) is 43.9 Å². The molecule has 2 heterocycles. The number of thiophene rings is 1. The summed E-state index contributed by atoms with van der Waals surface area (Å²) >= 11 is 1.75. The third-order valence-electron chi connectivity index (χ3n) is 5.10. The number of hydrogen-bond donors (Lipinski definition) is 0. The highest BCUT2D eigenvalue weighted by Gasteiger charge is 2.34. The Kier molecular flexibility index (Phi) is 6.19. The van der Waals surface area contributed by atoms with Gasteiger partial charge in [-0.2, -0.15) is 0 Å². The predicted octanol–water partition coefficient (Wildman–Crippen LogP) is 3.70. The monoisotopic (exact) mass is 397 g/mol. The van der Waals surface area contributed by atoms with E-state index in [4.69, 9.17) is 0 Å². The molecule has 1 aliphatic heterocycles. The molecule has 28 heavy (non-hydrogen) atoms. The number of carbonyl (C=O) groups is 2. The van der Waals surface area contributed by atoms with E-state index in [9.17, 15) is 9.59 Å². The minimum Gasteiger partial charge on any atom is -0.331 e. The summed E-state index contributed by atoms with van der Waals surface area (Å²) in [6.07, 6.45) is 2.50. The van der Waals surface area contributed by atoms with E-state index in [1.165, 1.54) is 20.2 Å². The first-order valence-corrected chi connectivity index (χ1v) is 10.3. The largest absolute Gasteiger partial charge is 0.331 e. The number of fused-ring (bicyclic) bond motifs is 1. The summed E-state index contributed by atoms with van der Waals surface area (Å²) < 4.78 is 0. The second-order valence-corrected chi connectivity index (χ2v) is 8.24. The molecule has 0 unspecified atom stereocenters. The Bertz CT molecular complexity index is 874. The maximum Gasteiger partial charge on any atom is 0.320 e. The van der Waals surface area contributed by atoms with Gasteiger partial charge < -0.3 is 14.7 Å². The molecule has 1 aliphatic rings. The van der Waals surface area contributed by atoms with Crippen LogP contribution in [0, 0.1) is 6.92 Å². The summed E-state index contributed by atoms with van der Waals surface area (Å²) in [5.41, 5.74) is 3.51. The van der Waals surface area contributed by atoms with E-state index in [0.29, 0.717) is 13.1 Å². The van der Waals surface area contributed by atoms with E-state index < -0.39 is 0 Å². The number of amides is 3. The third kappa shape index (κ3) is 3.97. The molecule has 3 amide bonds. The zero-order valence-electron chi connectivity index (χ0n) is 16.7. The van der Waals surface area contributed by atoms with Crippen molar-refractivity contribution in [1.29, 1.82) is 0 Å². The first kappa shape index (κ1) is 20.1. The molecule has 1 aromatic carbocycles. The molecule has 0 radical (unpaired) electrons. The molecular formula is C22H27N3O2S.